The van der Waals surface area contributed by atoms with Crippen LogP contribution in [-0.2, 0) is 6.54 Å². The fourth-order valence-electron chi connectivity index (χ4n) is 2.65. The first-order chi connectivity index (χ1) is 12.7. The third-order valence-electron chi connectivity index (χ3n) is 4.13. The molecule has 0 saturated carbocycles. The lowest BCUT2D eigenvalue weighted by Crippen LogP contribution is -2.39. The van der Waals surface area contributed by atoms with Gasteiger partial charge in [0, 0.05) is 13.1 Å². The van der Waals surface area contributed by atoms with E-state index in [-0.39, 0.29) is 30.8 Å². The summed E-state index contributed by atoms with van der Waals surface area (Å²) in [6, 6.07) is 13.7. The van der Waals surface area contributed by atoms with Gasteiger partial charge in [0.1, 0.15) is 0 Å². The standard InChI is InChI=1S/C20H25N3O3.HI/c1-3-21-20(23-12-17(24)16-7-4-14(2)5-8-16)22-11-15-6-9-18-19(10-15)26-13-25-18;/h4-10,17,24H,3,11-13H2,1-2H3,(H2,21,22,23);1H. The molecular weight excluding hydrogens is 457 g/mol. The molecule has 0 radical (unpaired) electrons. The molecule has 1 heterocycles. The predicted octanol–water partition coefficient (Wildman–Crippen LogP) is 3.13. The van der Waals surface area contributed by atoms with Gasteiger partial charge >= 0.3 is 0 Å². The summed E-state index contributed by atoms with van der Waals surface area (Å²) < 4.78 is 10.7. The molecule has 6 nitrogen and oxygen atoms in total. The highest BCUT2D eigenvalue weighted by Crippen LogP contribution is 2.32. The summed E-state index contributed by atoms with van der Waals surface area (Å²) in [5.74, 6) is 2.19. The number of fused-ring (bicyclic) bond motifs is 1. The topological polar surface area (TPSA) is 75.1 Å². The summed E-state index contributed by atoms with van der Waals surface area (Å²) in [7, 11) is 0. The Labute approximate surface area is 177 Å². The quantitative estimate of drug-likeness (QED) is 0.335. The molecule has 0 amide bonds. The van der Waals surface area contributed by atoms with Crippen LogP contribution in [0, 0.1) is 6.92 Å². The molecule has 2 aromatic rings. The number of halogens is 1. The van der Waals surface area contributed by atoms with Crippen molar-refractivity contribution in [3.05, 3.63) is 59.2 Å². The zero-order valence-corrected chi connectivity index (χ0v) is 17.9. The van der Waals surface area contributed by atoms with Gasteiger partial charge in [-0.2, -0.15) is 0 Å². The van der Waals surface area contributed by atoms with Crippen molar-refractivity contribution in [1.82, 2.24) is 10.6 Å². The van der Waals surface area contributed by atoms with E-state index in [4.69, 9.17) is 9.47 Å². The zero-order valence-electron chi connectivity index (χ0n) is 15.6. The van der Waals surface area contributed by atoms with E-state index in [9.17, 15) is 5.11 Å². The number of guanidine groups is 1. The molecule has 0 saturated heterocycles. The summed E-state index contributed by atoms with van der Waals surface area (Å²) in [4.78, 5) is 4.58. The largest absolute Gasteiger partial charge is 0.454 e. The molecule has 1 aliphatic rings. The van der Waals surface area contributed by atoms with Crippen molar-refractivity contribution in [2.45, 2.75) is 26.5 Å². The van der Waals surface area contributed by atoms with Gasteiger partial charge in [0.15, 0.2) is 17.5 Å². The third-order valence-corrected chi connectivity index (χ3v) is 4.13. The second kappa shape index (κ2) is 10.4. The van der Waals surface area contributed by atoms with Crippen LogP contribution < -0.4 is 20.1 Å². The fourth-order valence-corrected chi connectivity index (χ4v) is 2.65. The van der Waals surface area contributed by atoms with Gasteiger partial charge in [-0.25, -0.2) is 4.99 Å². The maximum atomic E-state index is 10.3. The van der Waals surface area contributed by atoms with E-state index in [0.717, 1.165) is 29.2 Å². The number of benzene rings is 2. The Hall–Kier alpha value is -2.00. The van der Waals surface area contributed by atoms with Gasteiger partial charge in [-0.1, -0.05) is 35.9 Å². The van der Waals surface area contributed by atoms with Crippen molar-refractivity contribution in [2.75, 3.05) is 19.9 Å². The highest BCUT2D eigenvalue weighted by molar-refractivity contribution is 14.0. The van der Waals surface area contributed by atoms with E-state index >= 15 is 0 Å². The van der Waals surface area contributed by atoms with E-state index in [1.54, 1.807) is 0 Å². The van der Waals surface area contributed by atoms with Crippen molar-refractivity contribution >= 4 is 29.9 Å². The number of rotatable bonds is 6. The Kier molecular flexibility index (Phi) is 8.18. The minimum atomic E-state index is -0.593. The molecule has 146 valence electrons. The highest BCUT2D eigenvalue weighted by atomic mass is 127. The molecule has 0 aliphatic carbocycles. The van der Waals surface area contributed by atoms with Crippen molar-refractivity contribution in [2.24, 2.45) is 4.99 Å². The van der Waals surface area contributed by atoms with Crippen molar-refractivity contribution < 1.29 is 14.6 Å². The normalized spacial score (nSPS) is 13.7. The van der Waals surface area contributed by atoms with Crippen LogP contribution in [0.3, 0.4) is 0 Å². The van der Waals surface area contributed by atoms with Crippen molar-refractivity contribution in [3.63, 3.8) is 0 Å². The number of aliphatic imine (C=N–C) groups is 1. The van der Waals surface area contributed by atoms with Crippen molar-refractivity contribution in [1.29, 1.82) is 0 Å². The lowest BCUT2D eigenvalue weighted by molar-refractivity contribution is 0.174. The lowest BCUT2D eigenvalue weighted by Gasteiger charge is -2.16. The first-order valence-corrected chi connectivity index (χ1v) is 8.81. The van der Waals surface area contributed by atoms with Crippen LogP contribution in [0.2, 0.25) is 0 Å². The molecule has 1 atom stereocenters. The summed E-state index contributed by atoms with van der Waals surface area (Å²) in [6.45, 7) is 5.94. The number of aliphatic hydroxyl groups excluding tert-OH is 1. The Morgan fingerprint density at radius 1 is 1.11 bits per heavy atom. The van der Waals surface area contributed by atoms with E-state index in [1.807, 2.05) is 56.3 Å². The summed E-state index contributed by atoms with van der Waals surface area (Å²) in [6.07, 6.45) is -0.593. The molecule has 0 spiro atoms. The van der Waals surface area contributed by atoms with Crippen LogP contribution in [0.25, 0.3) is 0 Å². The minimum absolute atomic E-state index is 0. The van der Waals surface area contributed by atoms with Crippen molar-refractivity contribution in [3.8, 4) is 11.5 Å². The van der Waals surface area contributed by atoms with Gasteiger partial charge < -0.3 is 25.2 Å². The molecule has 27 heavy (non-hydrogen) atoms. The van der Waals surface area contributed by atoms with Crippen LogP contribution in [0.5, 0.6) is 11.5 Å². The van der Waals surface area contributed by atoms with Crippen LogP contribution in [0.15, 0.2) is 47.5 Å². The van der Waals surface area contributed by atoms with Gasteiger partial charge in [0.05, 0.1) is 12.6 Å². The Morgan fingerprint density at radius 2 is 1.85 bits per heavy atom. The minimum Gasteiger partial charge on any atom is -0.454 e. The van der Waals surface area contributed by atoms with E-state index in [2.05, 4.69) is 15.6 Å². The van der Waals surface area contributed by atoms with Gasteiger partial charge in [-0.3, -0.25) is 0 Å². The number of hydrogen-bond donors (Lipinski definition) is 3. The number of nitrogens with zero attached hydrogens (tertiary/aromatic N) is 1. The second-order valence-corrected chi connectivity index (χ2v) is 6.19. The fraction of sp³-hybridized carbons (Fsp3) is 0.350. The van der Waals surface area contributed by atoms with Crippen LogP contribution in [0.4, 0.5) is 0 Å². The summed E-state index contributed by atoms with van der Waals surface area (Å²) in [5, 5.41) is 16.7. The van der Waals surface area contributed by atoms with Gasteiger partial charge in [0.25, 0.3) is 0 Å². The van der Waals surface area contributed by atoms with Crippen LogP contribution >= 0.6 is 24.0 Å². The smallest absolute Gasteiger partial charge is 0.231 e. The lowest BCUT2D eigenvalue weighted by atomic mass is 10.1. The molecular formula is C20H26IN3O3. The molecule has 1 unspecified atom stereocenters. The maximum absolute atomic E-state index is 10.3. The monoisotopic (exact) mass is 483 g/mol. The highest BCUT2D eigenvalue weighted by Gasteiger charge is 2.13. The van der Waals surface area contributed by atoms with Gasteiger partial charge in [-0.05, 0) is 37.1 Å². The first-order valence-electron chi connectivity index (χ1n) is 8.81. The molecule has 3 N–H and O–H groups in total. The second-order valence-electron chi connectivity index (χ2n) is 6.19. The molecule has 0 fully saturated rings. The zero-order chi connectivity index (χ0) is 18.4. The maximum Gasteiger partial charge on any atom is 0.231 e. The summed E-state index contributed by atoms with van der Waals surface area (Å²) >= 11 is 0. The average Bonchev–Trinajstić information content (AvgIpc) is 3.12. The molecule has 0 aromatic heterocycles. The van der Waals surface area contributed by atoms with Crippen LogP contribution in [-0.4, -0.2) is 30.9 Å². The molecule has 0 bridgehead atoms. The Balaban J connectivity index is 0.00000261. The molecule has 7 heteroatoms. The molecule has 3 rings (SSSR count). The van der Waals surface area contributed by atoms with E-state index in [0.29, 0.717) is 19.0 Å². The first kappa shape index (κ1) is 21.3. The third kappa shape index (κ3) is 6.00. The predicted molar refractivity (Wildman–Crippen MR) is 117 cm³/mol. The van der Waals surface area contributed by atoms with Gasteiger partial charge in [-0.15, -0.1) is 24.0 Å². The van der Waals surface area contributed by atoms with E-state index in [1.165, 1.54) is 5.56 Å². The Morgan fingerprint density at radius 3 is 2.59 bits per heavy atom. The number of ether oxygens (including phenoxy) is 2. The number of nitrogens with one attached hydrogen (secondary N) is 2. The van der Waals surface area contributed by atoms with Gasteiger partial charge in [0.2, 0.25) is 6.79 Å². The number of hydrogen-bond acceptors (Lipinski definition) is 4. The number of aliphatic hydroxyl groups is 1. The molecule has 1 aliphatic heterocycles. The summed E-state index contributed by atoms with van der Waals surface area (Å²) in [5.41, 5.74) is 3.09. The average molecular weight is 483 g/mol. The van der Waals surface area contributed by atoms with Crippen LogP contribution in [0.1, 0.15) is 29.7 Å². The number of aryl methyl sites for hydroxylation is 1. The molecule has 2 aromatic carbocycles. The Bertz CT molecular complexity index is 766. The SMILES string of the molecule is CCNC(=NCc1ccc2c(c1)OCO2)NCC(O)c1ccc(C)cc1.I. The van der Waals surface area contributed by atoms with E-state index < -0.39 is 6.10 Å².